The minimum absolute atomic E-state index is 0.0795. The van der Waals surface area contributed by atoms with Gasteiger partial charge in [0.25, 0.3) is 5.91 Å². The number of ketones is 1. The van der Waals surface area contributed by atoms with E-state index >= 15 is 0 Å². The van der Waals surface area contributed by atoms with Gasteiger partial charge in [0, 0.05) is 19.5 Å². The molecule has 0 aliphatic carbocycles. The lowest BCUT2D eigenvalue weighted by Crippen LogP contribution is -2.44. The smallest absolute Gasteiger partial charge is 0.288 e. The van der Waals surface area contributed by atoms with Gasteiger partial charge in [0.15, 0.2) is 29.1 Å². The molecule has 0 N–H and O–H groups in total. The zero-order valence-corrected chi connectivity index (χ0v) is 14.1. The zero-order valence-electron chi connectivity index (χ0n) is 14.1. The zero-order chi connectivity index (χ0) is 17.3. The van der Waals surface area contributed by atoms with E-state index in [4.69, 9.17) is 14.2 Å². The van der Waals surface area contributed by atoms with Crippen LogP contribution >= 0.6 is 0 Å². The van der Waals surface area contributed by atoms with Crippen molar-refractivity contribution >= 4 is 11.7 Å². The molecule has 24 heavy (non-hydrogen) atoms. The van der Waals surface area contributed by atoms with Gasteiger partial charge in [-0.25, -0.2) is 0 Å². The largest absolute Gasteiger partial charge is 0.486 e. The van der Waals surface area contributed by atoms with Gasteiger partial charge in [-0.15, -0.1) is 0 Å². The number of allylic oxidation sites excluding steroid dienone is 1. The number of carbonyl (C=O) groups is 2. The van der Waals surface area contributed by atoms with Gasteiger partial charge in [-0.3, -0.25) is 9.59 Å². The van der Waals surface area contributed by atoms with Crippen molar-refractivity contribution in [2.24, 2.45) is 0 Å². The number of carbonyl (C=O) groups excluding carboxylic acids is 2. The van der Waals surface area contributed by atoms with Crippen LogP contribution in [0.5, 0.6) is 11.5 Å². The third-order valence-electron chi connectivity index (χ3n) is 3.88. The second-order valence-corrected chi connectivity index (χ2v) is 6.70. The SMILES string of the molecule is CN(C[C@@H]1COc2ccccc2O1)C(=O)C1=CC(=O)CC(C)(C)O1. The molecule has 2 heterocycles. The number of hydrogen-bond acceptors (Lipinski definition) is 5. The Bertz CT molecular complexity index is 694. The monoisotopic (exact) mass is 331 g/mol. The molecule has 0 spiro atoms. The number of para-hydroxylation sites is 2. The van der Waals surface area contributed by atoms with Gasteiger partial charge in [0.05, 0.1) is 6.54 Å². The molecule has 2 aliphatic rings. The number of amides is 1. The third kappa shape index (κ3) is 3.53. The summed E-state index contributed by atoms with van der Waals surface area (Å²) in [6.45, 7) is 4.28. The number of rotatable bonds is 3. The van der Waals surface area contributed by atoms with Gasteiger partial charge >= 0.3 is 0 Å². The Labute approximate surface area is 141 Å². The fourth-order valence-electron chi connectivity index (χ4n) is 2.81. The predicted octanol–water partition coefficient (Wildman–Crippen LogP) is 1.94. The Balaban J connectivity index is 1.64. The second kappa shape index (κ2) is 6.19. The van der Waals surface area contributed by atoms with Crippen LogP contribution in [0.25, 0.3) is 0 Å². The lowest BCUT2D eigenvalue weighted by Gasteiger charge is -2.33. The number of nitrogens with zero attached hydrogens (tertiary/aromatic N) is 1. The van der Waals surface area contributed by atoms with Crippen molar-refractivity contribution in [1.29, 1.82) is 0 Å². The van der Waals surface area contributed by atoms with Crippen LogP contribution in [-0.4, -0.2) is 48.5 Å². The fraction of sp³-hybridized carbons (Fsp3) is 0.444. The molecule has 0 radical (unpaired) electrons. The molecule has 1 amide bonds. The summed E-state index contributed by atoms with van der Waals surface area (Å²) < 4.78 is 17.2. The van der Waals surface area contributed by atoms with Crippen LogP contribution in [0.15, 0.2) is 36.1 Å². The molecular formula is C18H21NO5. The van der Waals surface area contributed by atoms with Gasteiger partial charge in [-0.2, -0.15) is 0 Å². The molecule has 0 aromatic heterocycles. The molecule has 2 aliphatic heterocycles. The van der Waals surface area contributed by atoms with Crippen molar-refractivity contribution in [1.82, 2.24) is 4.90 Å². The van der Waals surface area contributed by atoms with Crippen LogP contribution in [0, 0.1) is 0 Å². The van der Waals surface area contributed by atoms with Crippen LogP contribution in [0.4, 0.5) is 0 Å². The standard InChI is InChI=1S/C18H21NO5/c1-18(2)9-12(20)8-16(24-18)17(21)19(3)10-13-11-22-14-6-4-5-7-15(14)23-13/h4-8,13H,9-11H2,1-3H3/t13-/m1/s1. The first-order valence-electron chi connectivity index (χ1n) is 7.91. The molecule has 1 atom stereocenters. The molecule has 6 heteroatoms. The lowest BCUT2D eigenvalue weighted by atomic mass is 9.98. The van der Waals surface area contributed by atoms with Gasteiger partial charge < -0.3 is 19.1 Å². The van der Waals surface area contributed by atoms with Crippen molar-refractivity contribution in [3.8, 4) is 11.5 Å². The summed E-state index contributed by atoms with van der Waals surface area (Å²) in [6, 6.07) is 7.42. The van der Waals surface area contributed by atoms with Gasteiger partial charge in [-0.1, -0.05) is 12.1 Å². The minimum atomic E-state index is -0.666. The van der Waals surface area contributed by atoms with Crippen LogP contribution < -0.4 is 9.47 Å². The van der Waals surface area contributed by atoms with E-state index in [2.05, 4.69) is 0 Å². The number of benzene rings is 1. The average Bonchev–Trinajstić information content (AvgIpc) is 2.52. The first-order valence-corrected chi connectivity index (χ1v) is 7.91. The van der Waals surface area contributed by atoms with E-state index in [-0.39, 0.29) is 30.0 Å². The van der Waals surface area contributed by atoms with Gasteiger partial charge in [0.2, 0.25) is 0 Å². The average molecular weight is 331 g/mol. The Hall–Kier alpha value is -2.50. The fourth-order valence-corrected chi connectivity index (χ4v) is 2.81. The molecule has 1 aromatic carbocycles. The Kier molecular flexibility index (Phi) is 4.22. The Morgan fingerprint density at radius 3 is 2.71 bits per heavy atom. The Morgan fingerprint density at radius 1 is 1.29 bits per heavy atom. The number of ether oxygens (including phenoxy) is 3. The van der Waals surface area contributed by atoms with Crippen LogP contribution in [0.2, 0.25) is 0 Å². The maximum Gasteiger partial charge on any atom is 0.288 e. The van der Waals surface area contributed by atoms with E-state index in [9.17, 15) is 9.59 Å². The number of fused-ring (bicyclic) bond motifs is 1. The molecule has 0 bridgehead atoms. The Morgan fingerprint density at radius 2 is 2.00 bits per heavy atom. The topological polar surface area (TPSA) is 65.1 Å². The number of hydrogen-bond donors (Lipinski definition) is 0. The molecule has 128 valence electrons. The summed E-state index contributed by atoms with van der Waals surface area (Å²) in [5.41, 5.74) is -0.666. The molecule has 1 aromatic rings. The molecule has 0 saturated heterocycles. The van der Waals surface area contributed by atoms with E-state index in [0.29, 0.717) is 24.7 Å². The molecular weight excluding hydrogens is 310 g/mol. The molecule has 0 saturated carbocycles. The van der Waals surface area contributed by atoms with Crippen molar-refractivity contribution < 1.29 is 23.8 Å². The van der Waals surface area contributed by atoms with Crippen LogP contribution in [0.3, 0.4) is 0 Å². The summed E-state index contributed by atoms with van der Waals surface area (Å²) in [4.78, 5) is 25.8. The second-order valence-electron chi connectivity index (χ2n) is 6.70. The normalized spacial score (nSPS) is 21.5. The van der Waals surface area contributed by atoms with Crippen molar-refractivity contribution in [2.75, 3.05) is 20.2 Å². The summed E-state index contributed by atoms with van der Waals surface area (Å²) in [5, 5.41) is 0. The quantitative estimate of drug-likeness (QED) is 0.847. The third-order valence-corrected chi connectivity index (χ3v) is 3.88. The maximum absolute atomic E-state index is 12.5. The summed E-state index contributed by atoms with van der Waals surface area (Å²) >= 11 is 0. The minimum Gasteiger partial charge on any atom is -0.486 e. The van der Waals surface area contributed by atoms with Crippen molar-refractivity contribution in [3.05, 3.63) is 36.1 Å². The van der Waals surface area contributed by atoms with Gasteiger partial charge in [-0.05, 0) is 26.0 Å². The number of likely N-dealkylation sites (N-methyl/N-ethyl adjacent to an activating group) is 1. The van der Waals surface area contributed by atoms with E-state index in [0.717, 1.165) is 0 Å². The highest BCUT2D eigenvalue weighted by atomic mass is 16.6. The summed E-state index contributed by atoms with van der Waals surface area (Å²) in [5.74, 6) is 1.01. The van der Waals surface area contributed by atoms with Gasteiger partial charge in [0.1, 0.15) is 12.2 Å². The van der Waals surface area contributed by atoms with Crippen LogP contribution in [0.1, 0.15) is 20.3 Å². The summed E-state index contributed by atoms with van der Waals surface area (Å²) in [7, 11) is 1.66. The molecule has 6 nitrogen and oxygen atoms in total. The first-order chi connectivity index (χ1) is 11.3. The van der Waals surface area contributed by atoms with Crippen molar-refractivity contribution in [3.63, 3.8) is 0 Å². The lowest BCUT2D eigenvalue weighted by molar-refractivity contribution is -0.138. The maximum atomic E-state index is 12.5. The first kappa shape index (κ1) is 16.4. The summed E-state index contributed by atoms with van der Waals surface area (Å²) in [6.07, 6.45) is 1.27. The molecule has 0 fully saturated rings. The van der Waals surface area contributed by atoms with E-state index in [1.54, 1.807) is 20.9 Å². The van der Waals surface area contributed by atoms with E-state index in [1.165, 1.54) is 11.0 Å². The van der Waals surface area contributed by atoms with Crippen molar-refractivity contribution in [2.45, 2.75) is 32.0 Å². The highest BCUT2D eigenvalue weighted by molar-refractivity contribution is 6.01. The molecule has 3 rings (SSSR count). The van der Waals surface area contributed by atoms with E-state index in [1.807, 2.05) is 24.3 Å². The predicted molar refractivity (Wildman–Crippen MR) is 86.9 cm³/mol. The van der Waals surface area contributed by atoms with Crippen LogP contribution in [-0.2, 0) is 14.3 Å². The molecule has 0 unspecified atom stereocenters. The highest BCUT2D eigenvalue weighted by Crippen LogP contribution is 2.31. The highest BCUT2D eigenvalue weighted by Gasteiger charge is 2.34. The van der Waals surface area contributed by atoms with E-state index < -0.39 is 5.60 Å².